The summed E-state index contributed by atoms with van der Waals surface area (Å²) in [6.07, 6.45) is 17.7. The molecule has 3 rings (SSSR count). The fourth-order valence-electron chi connectivity index (χ4n) is 7.65. The second-order valence-electron chi connectivity index (χ2n) is 21.3. The quantitative estimate of drug-likeness (QED) is 0.0356. The van der Waals surface area contributed by atoms with E-state index in [-0.39, 0.29) is 41.3 Å². The molecule has 374 valence electrons. The minimum absolute atomic E-state index is 0.149. The largest absolute Gasteiger partial charge is 0.460 e. The Morgan fingerprint density at radius 2 is 0.716 bits per heavy atom. The maximum atomic E-state index is 12.5. The van der Waals surface area contributed by atoms with Gasteiger partial charge in [-0.1, -0.05) is 158 Å². The Labute approximate surface area is 405 Å². The van der Waals surface area contributed by atoms with E-state index in [0.717, 1.165) is 134 Å². The van der Waals surface area contributed by atoms with Crippen LogP contribution in [-0.2, 0) is 30.5 Å². The zero-order valence-corrected chi connectivity index (χ0v) is 42.9. The van der Waals surface area contributed by atoms with Gasteiger partial charge in [0.25, 0.3) is 0 Å². The summed E-state index contributed by atoms with van der Waals surface area (Å²) in [6, 6.07) is 28.1. The van der Waals surface area contributed by atoms with Gasteiger partial charge in [-0.25, -0.2) is 0 Å². The maximum absolute atomic E-state index is 12.5. The summed E-state index contributed by atoms with van der Waals surface area (Å²) < 4.78 is 16.5. The van der Waals surface area contributed by atoms with E-state index in [0.29, 0.717) is 18.1 Å². The first kappa shape index (κ1) is 58.8. The summed E-state index contributed by atoms with van der Waals surface area (Å²) in [5.74, 6) is 0.851. The Morgan fingerprint density at radius 1 is 0.418 bits per heavy atom. The molecular weight excluding hydrogens is 841 g/mol. The van der Waals surface area contributed by atoms with Crippen LogP contribution in [-0.4, -0.2) is 46.1 Å². The minimum Gasteiger partial charge on any atom is -0.460 e. The van der Waals surface area contributed by atoms with Crippen molar-refractivity contribution in [1.29, 1.82) is 0 Å². The Hall–Kier alpha value is -4.34. The molecule has 1 unspecified atom stereocenters. The van der Waals surface area contributed by atoms with Gasteiger partial charge in [-0.15, -0.1) is 0 Å². The average molecular weight is 929 g/mol. The first-order valence-corrected chi connectivity index (χ1v) is 25.3. The number of Topliss-reactive ketones (excluding diaryl/α,β-unsaturated/α-hetero) is 1. The SMILES string of the molecule is CC(=O)C(C)(C)CCCCCC(O)CCCCCC(C)(C)C(=O)OCc1ccccc1.CC(C)(CCCCCC(O)CCCCCC(C)(C)C(=O)Oc1ccccc1)C(=O)Oc1ccccc1. The summed E-state index contributed by atoms with van der Waals surface area (Å²) in [7, 11) is 0. The molecule has 0 radical (unpaired) electrons. The Kier molecular flexibility index (Phi) is 27.1. The summed E-state index contributed by atoms with van der Waals surface area (Å²) >= 11 is 0. The van der Waals surface area contributed by atoms with Crippen LogP contribution in [0.1, 0.15) is 196 Å². The fraction of sp³-hybridized carbons (Fsp3) is 0.621. The van der Waals surface area contributed by atoms with Crippen LogP contribution < -0.4 is 9.47 Å². The van der Waals surface area contributed by atoms with E-state index < -0.39 is 16.2 Å². The molecule has 0 aromatic heterocycles. The van der Waals surface area contributed by atoms with Gasteiger partial charge in [0.15, 0.2) is 0 Å². The van der Waals surface area contributed by atoms with Crippen LogP contribution in [0.15, 0.2) is 91.0 Å². The Balaban J connectivity index is 0.000000466. The lowest BCUT2D eigenvalue weighted by Gasteiger charge is -2.22. The molecular formula is C58H88O9. The van der Waals surface area contributed by atoms with Crippen LogP contribution >= 0.6 is 0 Å². The molecule has 9 nitrogen and oxygen atoms in total. The standard InChI is InChI=1S/C31H44O5.C27H44O4/c1-30(2,28(33)35-26-19-11-5-12-20-26)23-15-7-9-17-25(32)18-10-8-16-24-31(3,4)29(34)36-27-21-13-6-14-22-27;1-22(28)26(2,3)19-13-7-11-17-24(29)18-12-8-14-20-27(4,5)25(30)31-21-23-15-9-6-10-16-23/h5-6,11-14,19-22,25,32H,7-10,15-18,23-24H2,1-4H3;6,9-10,15-16,24,29H,7-8,11-14,17-21H2,1-5H3. The van der Waals surface area contributed by atoms with E-state index in [1.54, 1.807) is 31.2 Å². The van der Waals surface area contributed by atoms with Crippen molar-refractivity contribution in [3.63, 3.8) is 0 Å². The molecule has 0 aliphatic rings. The van der Waals surface area contributed by atoms with E-state index in [4.69, 9.17) is 14.2 Å². The van der Waals surface area contributed by atoms with Crippen LogP contribution in [0.4, 0.5) is 0 Å². The summed E-state index contributed by atoms with van der Waals surface area (Å²) in [6.45, 7) is 17.6. The predicted molar refractivity (Wildman–Crippen MR) is 271 cm³/mol. The maximum Gasteiger partial charge on any atom is 0.316 e. The second-order valence-corrected chi connectivity index (χ2v) is 21.3. The number of ether oxygens (including phenoxy) is 3. The summed E-state index contributed by atoms with van der Waals surface area (Å²) in [5.41, 5.74) is -0.768. The number of carbonyl (C=O) groups is 4. The smallest absolute Gasteiger partial charge is 0.316 e. The molecule has 0 bridgehead atoms. The molecule has 0 fully saturated rings. The van der Waals surface area contributed by atoms with Gasteiger partial charge in [-0.2, -0.15) is 0 Å². The molecule has 1 atom stereocenters. The highest BCUT2D eigenvalue weighted by Gasteiger charge is 2.31. The number of aliphatic hydroxyl groups is 2. The molecule has 3 aromatic carbocycles. The van der Waals surface area contributed by atoms with Gasteiger partial charge in [0.1, 0.15) is 23.9 Å². The van der Waals surface area contributed by atoms with Gasteiger partial charge in [-0.05, 0) is 130 Å². The number of aliphatic hydroxyl groups excluding tert-OH is 2. The number of hydrogen-bond acceptors (Lipinski definition) is 9. The third kappa shape index (κ3) is 25.6. The molecule has 0 aliphatic heterocycles. The number of esters is 3. The number of ketones is 1. The van der Waals surface area contributed by atoms with E-state index in [2.05, 4.69) is 0 Å². The van der Waals surface area contributed by atoms with Crippen molar-refractivity contribution in [3.05, 3.63) is 96.6 Å². The minimum atomic E-state index is -0.532. The van der Waals surface area contributed by atoms with Crippen molar-refractivity contribution in [2.45, 2.75) is 210 Å². The molecule has 9 heteroatoms. The molecule has 0 amide bonds. The Bertz CT molecular complexity index is 1740. The van der Waals surface area contributed by atoms with Gasteiger partial charge in [0.2, 0.25) is 0 Å². The lowest BCUT2D eigenvalue weighted by atomic mass is 9.83. The van der Waals surface area contributed by atoms with E-state index in [1.807, 2.05) is 122 Å². The molecule has 0 saturated carbocycles. The van der Waals surface area contributed by atoms with Gasteiger partial charge < -0.3 is 24.4 Å². The van der Waals surface area contributed by atoms with Crippen LogP contribution in [0.3, 0.4) is 0 Å². The zero-order chi connectivity index (χ0) is 49.8. The number of benzene rings is 3. The third-order valence-electron chi connectivity index (χ3n) is 13.1. The first-order valence-electron chi connectivity index (χ1n) is 25.3. The van der Waals surface area contributed by atoms with Crippen LogP contribution in [0, 0.1) is 21.7 Å². The molecule has 67 heavy (non-hydrogen) atoms. The van der Waals surface area contributed by atoms with Crippen LogP contribution in [0.2, 0.25) is 0 Å². The van der Waals surface area contributed by atoms with Crippen molar-refractivity contribution in [3.8, 4) is 11.5 Å². The predicted octanol–water partition coefficient (Wildman–Crippen LogP) is 14.1. The van der Waals surface area contributed by atoms with Crippen molar-refractivity contribution in [2.24, 2.45) is 21.7 Å². The van der Waals surface area contributed by atoms with Gasteiger partial charge in [0, 0.05) is 5.41 Å². The average Bonchev–Trinajstić information content (AvgIpc) is 3.28. The summed E-state index contributed by atoms with van der Waals surface area (Å²) in [4.78, 5) is 48.9. The van der Waals surface area contributed by atoms with Crippen molar-refractivity contribution in [2.75, 3.05) is 0 Å². The lowest BCUT2D eigenvalue weighted by molar-refractivity contribution is -0.155. The van der Waals surface area contributed by atoms with Gasteiger partial charge in [0.05, 0.1) is 28.5 Å². The molecule has 0 aliphatic carbocycles. The molecule has 0 spiro atoms. The highest BCUT2D eigenvalue weighted by Crippen LogP contribution is 2.30. The van der Waals surface area contributed by atoms with E-state index >= 15 is 0 Å². The number of para-hydroxylation sites is 2. The third-order valence-corrected chi connectivity index (χ3v) is 13.1. The molecule has 3 aromatic rings. The van der Waals surface area contributed by atoms with Crippen LogP contribution in [0.5, 0.6) is 11.5 Å². The van der Waals surface area contributed by atoms with E-state index in [1.165, 1.54) is 0 Å². The normalized spacial score (nSPS) is 12.5. The highest BCUT2D eigenvalue weighted by molar-refractivity contribution is 5.81. The second kappa shape index (κ2) is 30.9. The van der Waals surface area contributed by atoms with Crippen LogP contribution in [0.25, 0.3) is 0 Å². The fourth-order valence-corrected chi connectivity index (χ4v) is 7.65. The molecule has 0 saturated heterocycles. The lowest BCUT2D eigenvalue weighted by Crippen LogP contribution is -2.29. The van der Waals surface area contributed by atoms with Crippen molar-refractivity contribution in [1.82, 2.24) is 0 Å². The summed E-state index contributed by atoms with van der Waals surface area (Å²) in [5, 5.41) is 20.5. The number of rotatable bonds is 32. The topological polar surface area (TPSA) is 136 Å². The Morgan fingerprint density at radius 3 is 1.04 bits per heavy atom. The monoisotopic (exact) mass is 929 g/mol. The highest BCUT2D eigenvalue weighted by atomic mass is 16.5. The van der Waals surface area contributed by atoms with Gasteiger partial charge in [-0.3, -0.25) is 19.2 Å². The number of unbranched alkanes of at least 4 members (excludes halogenated alkanes) is 8. The number of hydrogen-bond donors (Lipinski definition) is 2. The number of carbonyl (C=O) groups excluding carboxylic acids is 4. The van der Waals surface area contributed by atoms with Crippen molar-refractivity contribution < 1.29 is 43.6 Å². The zero-order valence-electron chi connectivity index (χ0n) is 42.9. The van der Waals surface area contributed by atoms with Crippen molar-refractivity contribution >= 4 is 23.7 Å². The first-order chi connectivity index (χ1) is 31.6. The molecule has 0 heterocycles. The molecule has 2 N–H and O–H groups in total. The van der Waals surface area contributed by atoms with Gasteiger partial charge >= 0.3 is 17.9 Å². The van der Waals surface area contributed by atoms with E-state index in [9.17, 15) is 29.4 Å².